The van der Waals surface area contributed by atoms with E-state index in [-0.39, 0.29) is 5.91 Å². The van der Waals surface area contributed by atoms with E-state index in [4.69, 9.17) is 4.74 Å². The Bertz CT molecular complexity index is 1200. The van der Waals surface area contributed by atoms with E-state index in [0.717, 1.165) is 35.7 Å². The first-order chi connectivity index (χ1) is 18.7. The molecule has 210 valence electrons. The van der Waals surface area contributed by atoms with Crippen molar-refractivity contribution >= 4 is 29.4 Å². The number of likely N-dealkylation sites (tertiary alicyclic amines) is 1. The molecule has 39 heavy (non-hydrogen) atoms. The minimum Gasteiger partial charge on any atom is -0.468 e. The number of ether oxygens (including phenoxy) is 2. The van der Waals surface area contributed by atoms with Gasteiger partial charge < -0.3 is 24.7 Å². The molecule has 1 aromatic heterocycles. The van der Waals surface area contributed by atoms with Crippen molar-refractivity contribution in [1.82, 2.24) is 15.2 Å². The number of amides is 2. The fraction of sp³-hybridized carbons (Fsp3) is 0.452. The van der Waals surface area contributed by atoms with Crippen molar-refractivity contribution in [1.29, 1.82) is 0 Å². The van der Waals surface area contributed by atoms with Crippen LogP contribution in [0.5, 0.6) is 0 Å². The van der Waals surface area contributed by atoms with Gasteiger partial charge in [0.1, 0.15) is 11.6 Å². The second-order valence-corrected chi connectivity index (χ2v) is 10.8. The smallest absolute Gasteiger partial charge is 0.408 e. The molecule has 2 heterocycles. The average Bonchev–Trinajstić information content (AvgIpc) is 3.31. The maximum absolute atomic E-state index is 13.7. The number of carbonyl (C=O) groups excluding carboxylic acids is 3. The van der Waals surface area contributed by atoms with Gasteiger partial charge in [-0.3, -0.25) is 9.59 Å². The lowest BCUT2D eigenvalue weighted by atomic mass is 9.90. The number of aromatic nitrogens is 1. The minimum atomic E-state index is -0.690. The molecule has 1 fully saturated rings. The Hall–Kier alpha value is -3.81. The maximum atomic E-state index is 13.7. The number of benzene rings is 2. The van der Waals surface area contributed by atoms with Gasteiger partial charge in [-0.05, 0) is 70.1 Å². The summed E-state index contributed by atoms with van der Waals surface area (Å²) in [6.07, 6.45) is 4.79. The lowest BCUT2D eigenvalue weighted by molar-refractivity contribution is -0.135. The van der Waals surface area contributed by atoms with Crippen LogP contribution in [0.4, 0.5) is 4.79 Å². The van der Waals surface area contributed by atoms with Crippen molar-refractivity contribution in [3.8, 4) is 0 Å². The van der Waals surface area contributed by atoms with Crippen molar-refractivity contribution < 1.29 is 23.9 Å². The summed E-state index contributed by atoms with van der Waals surface area (Å²) < 4.78 is 9.64. The molecule has 8 heteroatoms. The van der Waals surface area contributed by atoms with Crippen molar-refractivity contribution in [2.45, 2.75) is 65.0 Å². The Kier molecular flexibility index (Phi) is 11.0. The molecule has 3 aromatic rings. The Morgan fingerprint density at radius 3 is 2.51 bits per heavy atom. The van der Waals surface area contributed by atoms with Crippen LogP contribution < -0.4 is 5.32 Å². The van der Waals surface area contributed by atoms with Crippen LogP contribution in [0.2, 0.25) is 0 Å². The van der Waals surface area contributed by atoms with Gasteiger partial charge in [-0.1, -0.05) is 48.5 Å². The third kappa shape index (κ3) is 9.46. The molecular weight excluding hydrogens is 494 g/mol. The Morgan fingerprint density at radius 1 is 1.13 bits per heavy atom. The lowest BCUT2D eigenvalue weighted by Crippen LogP contribution is -2.53. The topological polar surface area (TPSA) is 101 Å². The summed E-state index contributed by atoms with van der Waals surface area (Å²) in [6.45, 7) is 9.54. The number of piperidine rings is 1. The number of hydrogen-bond acceptors (Lipinski definition) is 5. The first-order valence-electron chi connectivity index (χ1n) is 13.6. The fourth-order valence-corrected chi connectivity index (χ4v) is 4.84. The Morgan fingerprint density at radius 2 is 1.85 bits per heavy atom. The molecule has 0 bridgehead atoms. The summed E-state index contributed by atoms with van der Waals surface area (Å²) in [5, 5.41) is 3.93. The number of fused-ring (bicyclic) bond motifs is 1. The summed E-state index contributed by atoms with van der Waals surface area (Å²) in [5.41, 5.74) is 2.68. The molecule has 1 unspecified atom stereocenters. The number of H-pyrrole nitrogens is 1. The summed E-state index contributed by atoms with van der Waals surface area (Å²) in [4.78, 5) is 40.7. The van der Waals surface area contributed by atoms with Gasteiger partial charge in [0.15, 0.2) is 0 Å². The van der Waals surface area contributed by atoms with Gasteiger partial charge in [-0.25, -0.2) is 4.79 Å². The molecule has 2 N–H and O–H groups in total. The SMILES string of the molecule is CC(C)(C)OC(=O)NC(Cc1c[nH]c2ccccc12)C(=O)N1CCC[C@H](Cc2ccccc2)C1.CCOC=O. The second kappa shape index (κ2) is 14.4. The van der Waals surface area contributed by atoms with E-state index in [2.05, 4.69) is 39.3 Å². The van der Waals surface area contributed by atoms with Crippen LogP contribution >= 0.6 is 0 Å². The first kappa shape index (κ1) is 29.7. The summed E-state index contributed by atoms with van der Waals surface area (Å²) in [6, 6.07) is 17.7. The van der Waals surface area contributed by atoms with Crippen molar-refractivity contribution in [2.75, 3.05) is 19.7 Å². The van der Waals surface area contributed by atoms with Gasteiger partial charge in [-0.2, -0.15) is 0 Å². The lowest BCUT2D eigenvalue weighted by Gasteiger charge is -2.35. The summed E-state index contributed by atoms with van der Waals surface area (Å²) >= 11 is 0. The third-order valence-corrected chi connectivity index (χ3v) is 6.52. The zero-order valence-electron chi connectivity index (χ0n) is 23.4. The van der Waals surface area contributed by atoms with E-state index in [9.17, 15) is 14.4 Å². The van der Waals surface area contributed by atoms with Crippen LogP contribution in [0, 0.1) is 5.92 Å². The van der Waals surface area contributed by atoms with Crippen LogP contribution in [0.25, 0.3) is 10.9 Å². The minimum absolute atomic E-state index is 0.0473. The molecule has 2 aromatic carbocycles. The molecule has 0 spiro atoms. The summed E-state index contributed by atoms with van der Waals surface area (Å²) in [7, 11) is 0. The van der Waals surface area contributed by atoms with Crippen LogP contribution in [0.15, 0.2) is 60.8 Å². The number of carbonyl (C=O) groups is 3. The van der Waals surface area contributed by atoms with Crippen LogP contribution in [-0.4, -0.2) is 59.7 Å². The molecule has 1 saturated heterocycles. The highest BCUT2D eigenvalue weighted by Crippen LogP contribution is 2.24. The van der Waals surface area contributed by atoms with Crippen molar-refractivity contribution in [2.24, 2.45) is 5.92 Å². The average molecular weight is 536 g/mol. The molecule has 8 nitrogen and oxygen atoms in total. The molecule has 0 saturated carbocycles. The highest BCUT2D eigenvalue weighted by molar-refractivity contribution is 5.88. The van der Waals surface area contributed by atoms with E-state index in [1.54, 1.807) is 6.92 Å². The number of nitrogens with zero attached hydrogens (tertiary/aromatic N) is 1. The number of para-hydroxylation sites is 1. The van der Waals surface area contributed by atoms with Crippen molar-refractivity contribution in [3.63, 3.8) is 0 Å². The monoisotopic (exact) mass is 535 g/mol. The maximum Gasteiger partial charge on any atom is 0.408 e. The van der Waals surface area contributed by atoms with E-state index in [1.807, 2.05) is 62.2 Å². The Labute approximate surface area is 231 Å². The van der Waals surface area contributed by atoms with Crippen LogP contribution in [0.3, 0.4) is 0 Å². The van der Waals surface area contributed by atoms with Gasteiger partial charge in [0.25, 0.3) is 6.47 Å². The predicted octanol–water partition coefficient (Wildman–Crippen LogP) is 5.26. The van der Waals surface area contributed by atoms with E-state index in [0.29, 0.717) is 38.5 Å². The molecule has 0 aliphatic carbocycles. The molecule has 1 aliphatic heterocycles. The Balaban J connectivity index is 0.000000771. The summed E-state index contributed by atoms with van der Waals surface area (Å²) in [5.74, 6) is 0.365. The molecule has 2 amide bonds. The highest BCUT2D eigenvalue weighted by Gasteiger charge is 2.32. The van der Waals surface area contributed by atoms with Crippen molar-refractivity contribution in [3.05, 3.63) is 71.9 Å². The largest absolute Gasteiger partial charge is 0.468 e. The zero-order valence-corrected chi connectivity index (χ0v) is 23.4. The zero-order chi connectivity index (χ0) is 28.3. The van der Waals surface area contributed by atoms with Crippen LogP contribution in [0.1, 0.15) is 51.7 Å². The molecule has 1 aliphatic rings. The number of nitrogens with one attached hydrogen (secondary N) is 2. The fourth-order valence-electron chi connectivity index (χ4n) is 4.84. The van der Waals surface area contributed by atoms with E-state index >= 15 is 0 Å². The number of hydrogen-bond donors (Lipinski definition) is 2. The first-order valence-corrected chi connectivity index (χ1v) is 13.6. The third-order valence-electron chi connectivity index (χ3n) is 6.52. The molecular formula is C31H41N3O5. The predicted molar refractivity (Wildman–Crippen MR) is 152 cm³/mol. The second-order valence-electron chi connectivity index (χ2n) is 10.8. The van der Waals surface area contributed by atoms with Gasteiger partial charge in [0, 0.05) is 36.6 Å². The standard InChI is InChI=1S/C28H35N3O3.C3H6O2/c1-28(2,3)34-27(33)30-25(17-22-18-29-24-14-8-7-13-23(22)24)26(32)31-15-9-12-21(19-31)16-20-10-5-4-6-11-20;1-2-5-3-4/h4-8,10-11,13-14,18,21,25,29H,9,12,15-17,19H2,1-3H3,(H,30,33);3H,2H2,1H3/t21-,25?;/m1./s1. The molecule has 0 radical (unpaired) electrons. The van der Waals surface area contributed by atoms with Gasteiger partial charge in [0.2, 0.25) is 5.91 Å². The van der Waals surface area contributed by atoms with Gasteiger partial charge >= 0.3 is 6.09 Å². The van der Waals surface area contributed by atoms with E-state index in [1.165, 1.54) is 5.56 Å². The van der Waals surface area contributed by atoms with Gasteiger partial charge in [0.05, 0.1) is 6.61 Å². The number of aromatic amines is 1. The molecule has 4 rings (SSSR count). The number of alkyl carbamates (subject to hydrolysis) is 1. The van der Waals surface area contributed by atoms with E-state index < -0.39 is 17.7 Å². The number of rotatable bonds is 8. The van der Waals surface area contributed by atoms with Gasteiger partial charge in [-0.15, -0.1) is 0 Å². The molecule has 2 atom stereocenters. The highest BCUT2D eigenvalue weighted by atomic mass is 16.6. The normalized spacial score (nSPS) is 16.0. The quantitative estimate of drug-likeness (QED) is 0.383. The van der Waals surface area contributed by atoms with Crippen LogP contribution in [-0.2, 0) is 31.9 Å².